The van der Waals surface area contributed by atoms with Gasteiger partial charge in [0.2, 0.25) is 0 Å². The number of aliphatic carboxylic acids is 1. The van der Waals surface area contributed by atoms with Gasteiger partial charge in [-0.1, -0.05) is 24.3 Å². The molecule has 0 unspecified atom stereocenters. The minimum atomic E-state index is -1.01. The summed E-state index contributed by atoms with van der Waals surface area (Å²) in [4.78, 5) is 14.5. The summed E-state index contributed by atoms with van der Waals surface area (Å²) in [5.74, 6) is -0.182. The van der Waals surface area contributed by atoms with Crippen molar-refractivity contribution in [3.8, 4) is 11.5 Å². The van der Waals surface area contributed by atoms with E-state index in [9.17, 15) is 9.90 Å². The highest BCUT2D eigenvalue weighted by molar-refractivity contribution is 5.77. The van der Waals surface area contributed by atoms with Gasteiger partial charge in [0.05, 0.1) is 6.26 Å². The van der Waals surface area contributed by atoms with Gasteiger partial charge in [0.1, 0.15) is 5.69 Å². The number of carbonyl (C=O) groups is 1. The maximum Gasteiger partial charge on any atom is 0.331 e. The molecule has 1 aliphatic heterocycles. The first-order valence-corrected chi connectivity index (χ1v) is 9.19. The number of likely N-dealkylation sites (tertiary alicyclic amines) is 1. The van der Waals surface area contributed by atoms with Gasteiger partial charge in [0.15, 0.2) is 11.3 Å². The molecule has 3 aromatic rings. The molecule has 6 nitrogen and oxygen atoms in total. The first-order chi connectivity index (χ1) is 13.1. The van der Waals surface area contributed by atoms with Crippen molar-refractivity contribution in [2.45, 2.75) is 31.8 Å². The predicted molar refractivity (Wildman–Crippen MR) is 101 cm³/mol. The van der Waals surface area contributed by atoms with E-state index in [0.717, 1.165) is 19.6 Å². The van der Waals surface area contributed by atoms with Crippen molar-refractivity contribution in [1.82, 2.24) is 14.7 Å². The second kappa shape index (κ2) is 7.04. The lowest BCUT2D eigenvalue weighted by molar-refractivity contribution is -0.151. The topological polar surface area (TPSA) is 71.5 Å². The van der Waals surface area contributed by atoms with Gasteiger partial charge in [-0.25, -0.2) is 4.79 Å². The van der Waals surface area contributed by atoms with E-state index in [-0.39, 0.29) is 0 Å². The summed E-state index contributed by atoms with van der Waals surface area (Å²) in [7, 11) is 0. The molecule has 6 heteroatoms. The van der Waals surface area contributed by atoms with Crippen LogP contribution in [0.5, 0.6) is 0 Å². The van der Waals surface area contributed by atoms with Crippen LogP contribution in [0.3, 0.4) is 0 Å². The van der Waals surface area contributed by atoms with E-state index < -0.39 is 11.5 Å². The fourth-order valence-corrected chi connectivity index (χ4v) is 3.77. The van der Waals surface area contributed by atoms with Gasteiger partial charge in [0, 0.05) is 25.8 Å². The summed E-state index contributed by atoms with van der Waals surface area (Å²) in [6, 6.07) is 13.8. The lowest BCUT2D eigenvalue weighted by Gasteiger charge is -2.39. The van der Waals surface area contributed by atoms with Crippen LogP contribution in [0.1, 0.15) is 24.0 Å². The van der Waals surface area contributed by atoms with E-state index in [2.05, 4.69) is 29.1 Å². The average Bonchev–Trinajstić information content (AvgIpc) is 3.36. The third-order valence-corrected chi connectivity index (χ3v) is 5.54. The molecule has 140 valence electrons. The van der Waals surface area contributed by atoms with Gasteiger partial charge in [-0.15, -0.1) is 0 Å². The van der Waals surface area contributed by atoms with Crippen molar-refractivity contribution in [3.63, 3.8) is 0 Å². The molecule has 0 saturated carbocycles. The lowest BCUT2D eigenvalue weighted by atomic mass is 9.87. The molecule has 0 atom stereocenters. The minimum Gasteiger partial charge on any atom is -0.479 e. The van der Waals surface area contributed by atoms with Crippen LogP contribution >= 0.6 is 0 Å². The summed E-state index contributed by atoms with van der Waals surface area (Å²) in [6.45, 7) is 4.40. The molecule has 1 saturated heterocycles. The van der Waals surface area contributed by atoms with Gasteiger partial charge < -0.3 is 9.52 Å². The van der Waals surface area contributed by atoms with Crippen LogP contribution in [0.25, 0.3) is 11.5 Å². The number of furan rings is 1. The molecule has 1 N–H and O–H groups in total. The van der Waals surface area contributed by atoms with Crippen molar-refractivity contribution < 1.29 is 14.3 Å². The number of carboxylic acid groups (broad SMARTS) is 1. The van der Waals surface area contributed by atoms with Crippen molar-refractivity contribution in [2.24, 2.45) is 0 Å². The Morgan fingerprint density at radius 3 is 2.63 bits per heavy atom. The molecule has 1 aromatic carbocycles. The first-order valence-electron chi connectivity index (χ1n) is 9.19. The SMILES string of the molecule is Cc1ccccc1CN1CCC(C(=O)O)(n2ccc(-c3ccco3)n2)CC1. The summed E-state index contributed by atoms with van der Waals surface area (Å²) in [5.41, 5.74) is 2.21. The fourth-order valence-electron chi connectivity index (χ4n) is 3.77. The largest absolute Gasteiger partial charge is 0.479 e. The molecule has 1 fully saturated rings. The number of hydrogen-bond acceptors (Lipinski definition) is 4. The number of aryl methyl sites for hydroxylation is 1. The molecule has 27 heavy (non-hydrogen) atoms. The fraction of sp³-hybridized carbons (Fsp3) is 0.333. The number of nitrogens with zero attached hydrogens (tertiary/aromatic N) is 3. The Labute approximate surface area is 158 Å². The minimum absolute atomic E-state index is 0.521. The van der Waals surface area contributed by atoms with E-state index in [4.69, 9.17) is 4.42 Å². The Morgan fingerprint density at radius 1 is 1.19 bits per heavy atom. The van der Waals surface area contributed by atoms with Crippen LogP contribution in [0, 0.1) is 6.92 Å². The van der Waals surface area contributed by atoms with E-state index in [0.29, 0.717) is 24.3 Å². The maximum absolute atomic E-state index is 12.2. The van der Waals surface area contributed by atoms with Crippen LogP contribution in [0.4, 0.5) is 0 Å². The average molecular weight is 365 g/mol. The van der Waals surface area contributed by atoms with Gasteiger partial charge in [0.25, 0.3) is 0 Å². The Balaban J connectivity index is 1.51. The van der Waals surface area contributed by atoms with Crippen molar-refractivity contribution in [3.05, 3.63) is 66.1 Å². The molecule has 0 bridgehead atoms. The van der Waals surface area contributed by atoms with Crippen molar-refractivity contribution in [1.29, 1.82) is 0 Å². The third kappa shape index (κ3) is 3.28. The molecule has 3 heterocycles. The highest BCUT2D eigenvalue weighted by atomic mass is 16.4. The first kappa shape index (κ1) is 17.5. The smallest absolute Gasteiger partial charge is 0.331 e. The molecule has 4 rings (SSSR count). The number of rotatable bonds is 5. The van der Waals surface area contributed by atoms with Gasteiger partial charge in [-0.3, -0.25) is 9.58 Å². The molecular formula is C21H23N3O3. The highest BCUT2D eigenvalue weighted by Crippen LogP contribution is 2.32. The van der Waals surface area contributed by atoms with Gasteiger partial charge in [-0.2, -0.15) is 5.10 Å². The van der Waals surface area contributed by atoms with Crippen LogP contribution < -0.4 is 0 Å². The Kier molecular flexibility index (Phi) is 4.58. The zero-order chi connectivity index (χ0) is 18.9. The molecule has 0 amide bonds. The van der Waals surface area contributed by atoms with Crippen molar-refractivity contribution in [2.75, 3.05) is 13.1 Å². The van der Waals surface area contributed by atoms with E-state index in [1.165, 1.54) is 11.1 Å². The molecule has 1 aliphatic rings. The molecule has 0 aliphatic carbocycles. The second-order valence-corrected chi connectivity index (χ2v) is 7.16. The number of piperidine rings is 1. The number of benzene rings is 1. The monoisotopic (exact) mass is 365 g/mol. The normalized spacial score (nSPS) is 17.1. The Morgan fingerprint density at radius 2 is 1.96 bits per heavy atom. The number of aromatic nitrogens is 2. The number of carboxylic acids is 1. The number of hydrogen-bond donors (Lipinski definition) is 1. The third-order valence-electron chi connectivity index (χ3n) is 5.54. The van der Waals surface area contributed by atoms with E-state index in [1.807, 2.05) is 24.3 Å². The van der Waals surface area contributed by atoms with E-state index in [1.54, 1.807) is 23.2 Å². The Bertz CT molecular complexity index is 922. The maximum atomic E-state index is 12.2. The van der Waals surface area contributed by atoms with Gasteiger partial charge >= 0.3 is 5.97 Å². The summed E-state index contributed by atoms with van der Waals surface area (Å²) in [6.07, 6.45) is 4.38. The molecule has 0 spiro atoms. The van der Waals surface area contributed by atoms with E-state index >= 15 is 0 Å². The van der Waals surface area contributed by atoms with Crippen LogP contribution in [-0.2, 0) is 16.9 Å². The predicted octanol–water partition coefficient (Wildman–Crippen LogP) is 3.53. The zero-order valence-corrected chi connectivity index (χ0v) is 15.3. The zero-order valence-electron chi connectivity index (χ0n) is 15.3. The van der Waals surface area contributed by atoms with Gasteiger partial charge in [-0.05, 0) is 49.1 Å². The summed E-state index contributed by atoms with van der Waals surface area (Å²) >= 11 is 0. The summed E-state index contributed by atoms with van der Waals surface area (Å²) in [5, 5.41) is 14.5. The molecule has 2 aromatic heterocycles. The second-order valence-electron chi connectivity index (χ2n) is 7.16. The highest BCUT2D eigenvalue weighted by Gasteiger charge is 2.44. The van der Waals surface area contributed by atoms with Crippen LogP contribution in [0.2, 0.25) is 0 Å². The standard InChI is InChI=1S/C21H23N3O3/c1-16-5-2-3-6-17(16)15-23-12-9-21(10-13-23,20(25)26)24-11-8-18(22-24)19-7-4-14-27-19/h2-8,11,14H,9-10,12-13,15H2,1H3,(H,25,26). The molecular weight excluding hydrogens is 342 g/mol. The van der Waals surface area contributed by atoms with Crippen LogP contribution in [0.15, 0.2) is 59.3 Å². The quantitative estimate of drug-likeness (QED) is 0.749. The summed E-state index contributed by atoms with van der Waals surface area (Å²) < 4.78 is 6.99. The van der Waals surface area contributed by atoms with Crippen molar-refractivity contribution >= 4 is 5.97 Å². The van der Waals surface area contributed by atoms with Crippen LogP contribution in [-0.4, -0.2) is 38.8 Å². The molecule has 0 radical (unpaired) electrons. The Hall–Kier alpha value is -2.86. The lowest BCUT2D eigenvalue weighted by Crippen LogP contribution is -2.51.